The minimum absolute atomic E-state index is 0.108. The maximum atomic E-state index is 11.9. The molecule has 0 aliphatic rings. The summed E-state index contributed by atoms with van der Waals surface area (Å²) in [5.41, 5.74) is 7.28. The van der Waals surface area contributed by atoms with Crippen LogP contribution in [-0.4, -0.2) is 24.5 Å². The molecule has 2 rings (SSSR count). The first-order chi connectivity index (χ1) is 11.9. The van der Waals surface area contributed by atoms with Crippen molar-refractivity contribution in [3.05, 3.63) is 59.7 Å². The fourth-order valence-corrected chi connectivity index (χ4v) is 2.19. The number of anilines is 1. The smallest absolute Gasteiger partial charge is 0.248 e. The lowest BCUT2D eigenvalue weighted by atomic mass is 10.2. The van der Waals surface area contributed by atoms with Gasteiger partial charge >= 0.3 is 0 Å². The van der Waals surface area contributed by atoms with Gasteiger partial charge in [-0.3, -0.25) is 9.59 Å². The predicted octanol–water partition coefficient (Wildman–Crippen LogP) is 2.30. The van der Waals surface area contributed by atoms with Gasteiger partial charge in [0, 0.05) is 17.8 Å². The van der Waals surface area contributed by atoms with Crippen molar-refractivity contribution in [1.29, 1.82) is 0 Å². The van der Waals surface area contributed by atoms with E-state index >= 15 is 0 Å². The van der Waals surface area contributed by atoms with E-state index in [1.807, 2.05) is 38.1 Å². The van der Waals surface area contributed by atoms with Gasteiger partial charge in [0.2, 0.25) is 11.8 Å². The Morgan fingerprint density at radius 2 is 1.84 bits per heavy atom. The minimum atomic E-state index is -0.502. The quantitative estimate of drug-likeness (QED) is 0.687. The van der Waals surface area contributed by atoms with Crippen LogP contribution in [0.2, 0.25) is 0 Å². The van der Waals surface area contributed by atoms with E-state index in [0.717, 1.165) is 11.3 Å². The molecule has 4 N–H and O–H groups in total. The summed E-state index contributed by atoms with van der Waals surface area (Å²) in [4.78, 5) is 23.1. The van der Waals surface area contributed by atoms with Crippen molar-refractivity contribution < 1.29 is 14.3 Å². The fourth-order valence-electron chi connectivity index (χ4n) is 2.19. The van der Waals surface area contributed by atoms with Gasteiger partial charge in [0.05, 0.1) is 12.6 Å². The van der Waals surface area contributed by atoms with Gasteiger partial charge in [-0.1, -0.05) is 18.2 Å². The van der Waals surface area contributed by atoms with Crippen LogP contribution < -0.4 is 21.1 Å². The zero-order valence-electron chi connectivity index (χ0n) is 14.4. The number of amides is 2. The molecular formula is C19H23N3O3. The van der Waals surface area contributed by atoms with Crippen LogP contribution in [0.25, 0.3) is 0 Å². The largest absolute Gasteiger partial charge is 0.491 e. The molecule has 6 nitrogen and oxygen atoms in total. The van der Waals surface area contributed by atoms with Crippen LogP contribution in [0.1, 0.15) is 29.8 Å². The molecule has 0 unspecified atom stereocenters. The molecule has 0 aliphatic heterocycles. The van der Waals surface area contributed by atoms with Crippen molar-refractivity contribution >= 4 is 17.5 Å². The molecular weight excluding hydrogens is 318 g/mol. The van der Waals surface area contributed by atoms with Crippen LogP contribution in [0.3, 0.4) is 0 Å². The molecule has 0 heterocycles. The third-order valence-corrected chi connectivity index (χ3v) is 3.38. The van der Waals surface area contributed by atoms with E-state index in [1.54, 1.807) is 24.3 Å². The molecule has 0 radical (unpaired) electrons. The second-order valence-corrected chi connectivity index (χ2v) is 5.89. The van der Waals surface area contributed by atoms with E-state index in [1.165, 1.54) is 0 Å². The average molecular weight is 341 g/mol. The van der Waals surface area contributed by atoms with Crippen LogP contribution in [0.4, 0.5) is 5.69 Å². The zero-order valence-corrected chi connectivity index (χ0v) is 14.4. The summed E-state index contributed by atoms with van der Waals surface area (Å²) >= 11 is 0. The van der Waals surface area contributed by atoms with Crippen LogP contribution in [0.15, 0.2) is 48.5 Å². The van der Waals surface area contributed by atoms with E-state index < -0.39 is 5.91 Å². The Morgan fingerprint density at radius 1 is 1.12 bits per heavy atom. The summed E-state index contributed by atoms with van der Waals surface area (Å²) in [6.45, 7) is 4.49. The van der Waals surface area contributed by atoms with Gasteiger partial charge in [0.25, 0.3) is 0 Å². The molecule has 0 saturated carbocycles. The number of ether oxygens (including phenoxy) is 1. The van der Waals surface area contributed by atoms with Crippen LogP contribution >= 0.6 is 0 Å². The highest BCUT2D eigenvalue weighted by Gasteiger charge is 2.04. The Labute approximate surface area is 147 Å². The molecule has 0 atom stereocenters. The number of nitrogens with two attached hydrogens (primary N) is 1. The molecule has 25 heavy (non-hydrogen) atoms. The second kappa shape index (κ2) is 8.73. The molecule has 6 heteroatoms. The second-order valence-electron chi connectivity index (χ2n) is 5.89. The summed E-state index contributed by atoms with van der Waals surface area (Å²) in [6.07, 6.45) is 0.129. The minimum Gasteiger partial charge on any atom is -0.491 e. The Hall–Kier alpha value is -3.02. The third kappa shape index (κ3) is 6.18. The molecule has 2 aromatic rings. The summed E-state index contributed by atoms with van der Waals surface area (Å²) in [7, 11) is 0. The summed E-state index contributed by atoms with van der Waals surface area (Å²) < 4.78 is 5.58. The molecule has 0 aromatic heterocycles. The Balaban J connectivity index is 1.79. The van der Waals surface area contributed by atoms with Gasteiger partial charge in [-0.2, -0.15) is 0 Å². The number of nitrogens with one attached hydrogen (secondary N) is 2. The molecule has 0 aliphatic carbocycles. The molecule has 0 spiro atoms. The van der Waals surface area contributed by atoms with Crippen LogP contribution in [-0.2, 0) is 11.3 Å². The Bertz CT molecular complexity index is 727. The number of hydrogen-bond donors (Lipinski definition) is 3. The topological polar surface area (TPSA) is 93.4 Å². The third-order valence-electron chi connectivity index (χ3n) is 3.38. The highest BCUT2D eigenvalue weighted by atomic mass is 16.5. The average Bonchev–Trinajstić information content (AvgIpc) is 2.59. The van der Waals surface area contributed by atoms with E-state index in [0.29, 0.717) is 17.8 Å². The lowest BCUT2D eigenvalue weighted by Gasteiger charge is -2.11. The van der Waals surface area contributed by atoms with E-state index in [2.05, 4.69) is 10.6 Å². The van der Waals surface area contributed by atoms with Crippen molar-refractivity contribution in [3.8, 4) is 5.75 Å². The fraction of sp³-hybridized carbons (Fsp3) is 0.263. The molecule has 0 bridgehead atoms. The van der Waals surface area contributed by atoms with Crippen molar-refractivity contribution in [2.24, 2.45) is 5.73 Å². The van der Waals surface area contributed by atoms with Crippen molar-refractivity contribution in [1.82, 2.24) is 5.32 Å². The maximum Gasteiger partial charge on any atom is 0.248 e. The number of benzene rings is 2. The van der Waals surface area contributed by atoms with Gasteiger partial charge < -0.3 is 21.1 Å². The molecule has 2 aromatic carbocycles. The van der Waals surface area contributed by atoms with Crippen molar-refractivity contribution in [2.75, 3.05) is 11.9 Å². The standard InChI is InChI=1S/C19H23N3O3/c1-13(2)25-17-8-6-14(7-9-17)11-22-18(23)12-21-16-5-3-4-15(10-16)19(20)24/h3-10,13,21H,11-12H2,1-2H3,(H2,20,24)(H,22,23). The molecule has 2 amide bonds. The number of carbonyl (C=O) groups is 2. The van der Waals surface area contributed by atoms with Gasteiger partial charge in [-0.05, 0) is 49.7 Å². The van der Waals surface area contributed by atoms with Gasteiger partial charge in [0.15, 0.2) is 0 Å². The van der Waals surface area contributed by atoms with Gasteiger partial charge in [-0.25, -0.2) is 0 Å². The number of hydrogen-bond acceptors (Lipinski definition) is 4. The first-order valence-electron chi connectivity index (χ1n) is 8.10. The van der Waals surface area contributed by atoms with E-state index in [-0.39, 0.29) is 18.6 Å². The number of carbonyl (C=O) groups excluding carboxylic acids is 2. The normalized spacial score (nSPS) is 10.4. The van der Waals surface area contributed by atoms with Crippen LogP contribution in [0, 0.1) is 0 Å². The molecule has 0 saturated heterocycles. The lowest BCUT2D eigenvalue weighted by molar-refractivity contribution is -0.119. The highest BCUT2D eigenvalue weighted by molar-refractivity contribution is 5.93. The van der Waals surface area contributed by atoms with Crippen molar-refractivity contribution in [3.63, 3.8) is 0 Å². The first kappa shape index (κ1) is 18.3. The van der Waals surface area contributed by atoms with Crippen molar-refractivity contribution in [2.45, 2.75) is 26.5 Å². The number of rotatable bonds is 8. The predicted molar refractivity (Wildman–Crippen MR) is 97.5 cm³/mol. The SMILES string of the molecule is CC(C)Oc1ccc(CNC(=O)CNc2cccc(C(N)=O)c2)cc1. The van der Waals surface area contributed by atoms with Crippen LogP contribution in [0.5, 0.6) is 5.75 Å². The summed E-state index contributed by atoms with van der Waals surface area (Å²) in [5, 5.41) is 5.80. The summed E-state index contributed by atoms with van der Waals surface area (Å²) in [5.74, 6) is 0.158. The van der Waals surface area contributed by atoms with Gasteiger partial charge in [-0.15, -0.1) is 0 Å². The maximum absolute atomic E-state index is 11.9. The zero-order chi connectivity index (χ0) is 18.2. The van der Waals surface area contributed by atoms with E-state index in [4.69, 9.17) is 10.5 Å². The monoisotopic (exact) mass is 341 g/mol. The highest BCUT2D eigenvalue weighted by Crippen LogP contribution is 2.13. The summed E-state index contributed by atoms with van der Waals surface area (Å²) in [6, 6.07) is 14.3. The van der Waals surface area contributed by atoms with E-state index in [9.17, 15) is 9.59 Å². The first-order valence-corrected chi connectivity index (χ1v) is 8.10. The Morgan fingerprint density at radius 3 is 2.48 bits per heavy atom. The lowest BCUT2D eigenvalue weighted by Crippen LogP contribution is -2.29. The Kier molecular flexibility index (Phi) is 6.39. The molecule has 132 valence electrons. The molecule has 0 fully saturated rings. The van der Waals surface area contributed by atoms with Gasteiger partial charge in [0.1, 0.15) is 5.75 Å². The number of primary amides is 1.